The number of nitrogens with two attached hydrogens (primary N) is 1. The van der Waals surface area contributed by atoms with E-state index in [4.69, 9.17) is 15.2 Å². The van der Waals surface area contributed by atoms with Crippen molar-refractivity contribution in [1.82, 2.24) is 0 Å². The van der Waals surface area contributed by atoms with Crippen LogP contribution in [0.1, 0.15) is 37.7 Å². The second kappa shape index (κ2) is 5.92. The van der Waals surface area contributed by atoms with Crippen LogP contribution in [0.2, 0.25) is 0 Å². The van der Waals surface area contributed by atoms with Crippen LogP contribution in [0.4, 0.5) is 5.69 Å². The predicted octanol–water partition coefficient (Wildman–Crippen LogP) is 3.13. The van der Waals surface area contributed by atoms with E-state index in [9.17, 15) is 0 Å². The van der Waals surface area contributed by atoms with Crippen LogP contribution in [0.3, 0.4) is 0 Å². The van der Waals surface area contributed by atoms with Crippen molar-refractivity contribution in [2.24, 2.45) is 0 Å². The standard InChI is InChI=1S/C14H21NO2/c1-16-14-8-7-12(15)9-11(14)10-17-13-5-3-2-4-6-13/h7-9,13H,2-6,10,15H2,1H3. The minimum atomic E-state index is 0.412. The van der Waals surface area contributed by atoms with Gasteiger partial charge in [0.15, 0.2) is 0 Å². The first-order chi connectivity index (χ1) is 8.29. The van der Waals surface area contributed by atoms with E-state index < -0.39 is 0 Å². The Hall–Kier alpha value is -1.22. The number of nitrogen functional groups attached to an aromatic ring is 1. The minimum absolute atomic E-state index is 0.412. The van der Waals surface area contributed by atoms with Gasteiger partial charge in [0, 0.05) is 11.3 Å². The number of methoxy groups -OCH3 is 1. The number of rotatable bonds is 4. The van der Waals surface area contributed by atoms with Gasteiger partial charge in [-0.2, -0.15) is 0 Å². The molecular weight excluding hydrogens is 214 g/mol. The predicted molar refractivity (Wildman–Crippen MR) is 69.1 cm³/mol. The number of anilines is 1. The zero-order chi connectivity index (χ0) is 12.1. The summed E-state index contributed by atoms with van der Waals surface area (Å²) in [5.41, 5.74) is 7.58. The molecule has 2 N–H and O–H groups in total. The van der Waals surface area contributed by atoms with Gasteiger partial charge in [0.1, 0.15) is 5.75 Å². The number of hydrogen-bond donors (Lipinski definition) is 1. The molecule has 3 heteroatoms. The van der Waals surface area contributed by atoms with Crippen LogP contribution in [0.15, 0.2) is 18.2 Å². The second-order valence-corrected chi connectivity index (χ2v) is 4.64. The summed E-state index contributed by atoms with van der Waals surface area (Å²) in [5.74, 6) is 0.856. The lowest BCUT2D eigenvalue weighted by Gasteiger charge is -2.22. The largest absolute Gasteiger partial charge is 0.496 e. The summed E-state index contributed by atoms with van der Waals surface area (Å²) in [6.45, 7) is 0.596. The van der Waals surface area contributed by atoms with Crippen molar-refractivity contribution in [3.8, 4) is 5.75 Å². The van der Waals surface area contributed by atoms with Crippen LogP contribution in [-0.2, 0) is 11.3 Å². The summed E-state index contributed by atoms with van der Waals surface area (Å²) < 4.78 is 11.2. The quantitative estimate of drug-likeness (QED) is 0.815. The van der Waals surface area contributed by atoms with E-state index in [2.05, 4.69) is 0 Å². The first kappa shape index (κ1) is 12.2. The lowest BCUT2D eigenvalue weighted by atomic mass is 9.98. The molecule has 1 aromatic rings. The summed E-state index contributed by atoms with van der Waals surface area (Å²) in [7, 11) is 1.68. The fourth-order valence-corrected chi connectivity index (χ4v) is 2.35. The average molecular weight is 235 g/mol. The molecule has 1 aliphatic carbocycles. The molecule has 17 heavy (non-hydrogen) atoms. The average Bonchev–Trinajstić information content (AvgIpc) is 2.38. The molecule has 0 amide bonds. The third-order valence-corrected chi connectivity index (χ3v) is 3.33. The lowest BCUT2D eigenvalue weighted by Crippen LogP contribution is -2.16. The van der Waals surface area contributed by atoms with E-state index in [1.54, 1.807) is 7.11 Å². The maximum absolute atomic E-state index is 5.93. The molecular formula is C14H21NO2. The molecule has 0 aromatic heterocycles. The van der Waals surface area contributed by atoms with Crippen molar-refractivity contribution >= 4 is 5.69 Å². The van der Waals surface area contributed by atoms with Crippen molar-refractivity contribution in [2.75, 3.05) is 12.8 Å². The number of ether oxygens (including phenoxy) is 2. The molecule has 0 bridgehead atoms. The van der Waals surface area contributed by atoms with Crippen LogP contribution in [0.25, 0.3) is 0 Å². The number of hydrogen-bond acceptors (Lipinski definition) is 3. The van der Waals surface area contributed by atoms with E-state index in [0.717, 1.165) is 17.0 Å². The molecule has 0 saturated heterocycles. The molecule has 0 spiro atoms. The minimum Gasteiger partial charge on any atom is -0.496 e. The molecule has 1 fully saturated rings. The third-order valence-electron chi connectivity index (χ3n) is 3.33. The van der Waals surface area contributed by atoms with Crippen molar-refractivity contribution < 1.29 is 9.47 Å². The molecule has 0 radical (unpaired) electrons. The van der Waals surface area contributed by atoms with E-state index in [1.165, 1.54) is 32.1 Å². The highest BCUT2D eigenvalue weighted by Crippen LogP contribution is 2.25. The molecule has 0 unspecified atom stereocenters. The molecule has 94 valence electrons. The monoisotopic (exact) mass is 235 g/mol. The van der Waals surface area contributed by atoms with Crippen LogP contribution in [0, 0.1) is 0 Å². The summed E-state index contributed by atoms with van der Waals surface area (Å²) in [5, 5.41) is 0. The van der Waals surface area contributed by atoms with Crippen molar-refractivity contribution in [3.05, 3.63) is 23.8 Å². The van der Waals surface area contributed by atoms with Crippen LogP contribution >= 0.6 is 0 Å². The summed E-state index contributed by atoms with van der Waals surface area (Å²) >= 11 is 0. The van der Waals surface area contributed by atoms with Gasteiger partial charge in [0.2, 0.25) is 0 Å². The first-order valence-electron chi connectivity index (χ1n) is 6.33. The third kappa shape index (κ3) is 3.37. The zero-order valence-electron chi connectivity index (χ0n) is 10.4. The highest BCUT2D eigenvalue weighted by atomic mass is 16.5. The van der Waals surface area contributed by atoms with Crippen LogP contribution in [0.5, 0.6) is 5.75 Å². The van der Waals surface area contributed by atoms with Gasteiger partial charge < -0.3 is 15.2 Å². The van der Waals surface area contributed by atoms with Gasteiger partial charge in [-0.05, 0) is 31.0 Å². The van der Waals surface area contributed by atoms with Crippen molar-refractivity contribution in [2.45, 2.75) is 44.8 Å². The second-order valence-electron chi connectivity index (χ2n) is 4.64. The molecule has 0 heterocycles. The van der Waals surface area contributed by atoms with Crippen molar-refractivity contribution in [3.63, 3.8) is 0 Å². The normalized spacial score (nSPS) is 17.0. The SMILES string of the molecule is COc1ccc(N)cc1COC1CCCCC1. The lowest BCUT2D eigenvalue weighted by molar-refractivity contribution is 0.0161. The van der Waals surface area contributed by atoms with Gasteiger partial charge in [-0.15, -0.1) is 0 Å². The zero-order valence-corrected chi connectivity index (χ0v) is 10.4. The van der Waals surface area contributed by atoms with Gasteiger partial charge in [-0.1, -0.05) is 19.3 Å². The Bertz CT molecular complexity index is 359. The molecule has 1 aromatic carbocycles. The van der Waals surface area contributed by atoms with E-state index in [0.29, 0.717) is 12.7 Å². The number of benzene rings is 1. The molecule has 3 nitrogen and oxygen atoms in total. The summed E-state index contributed by atoms with van der Waals surface area (Å²) in [6, 6.07) is 5.68. The van der Waals surface area contributed by atoms with Gasteiger partial charge >= 0.3 is 0 Å². The first-order valence-corrected chi connectivity index (χ1v) is 6.33. The Morgan fingerprint density at radius 2 is 2.00 bits per heavy atom. The van der Waals surface area contributed by atoms with Gasteiger partial charge in [0.05, 0.1) is 19.8 Å². The van der Waals surface area contributed by atoms with Crippen LogP contribution < -0.4 is 10.5 Å². The van der Waals surface area contributed by atoms with Gasteiger partial charge in [0.25, 0.3) is 0 Å². The highest BCUT2D eigenvalue weighted by Gasteiger charge is 2.14. The van der Waals surface area contributed by atoms with Crippen molar-refractivity contribution in [1.29, 1.82) is 0 Å². The highest BCUT2D eigenvalue weighted by molar-refractivity contribution is 5.47. The van der Waals surface area contributed by atoms with Crippen LogP contribution in [-0.4, -0.2) is 13.2 Å². The molecule has 0 aliphatic heterocycles. The van der Waals surface area contributed by atoms with E-state index >= 15 is 0 Å². The molecule has 1 saturated carbocycles. The Balaban J connectivity index is 1.95. The summed E-state index contributed by atoms with van der Waals surface area (Å²) in [6.07, 6.45) is 6.71. The Morgan fingerprint density at radius 3 is 2.71 bits per heavy atom. The van der Waals surface area contributed by atoms with Gasteiger partial charge in [-0.3, -0.25) is 0 Å². The van der Waals surface area contributed by atoms with Gasteiger partial charge in [-0.25, -0.2) is 0 Å². The molecule has 0 atom stereocenters. The molecule has 2 rings (SSSR count). The maximum Gasteiger partial charge on any atom is 0.124 e. The maximum atomic E-state index is 5.93. The molecule has 1 aliphatic rings. The Morgan fingerprint density at radius 1 is 1.24 bits per heavy atom. The van der Waals surface area contributed by atoms with E-state index in [1.807, 2.05) is 18.2 Å². The smallest absolute Gasteiger partial charge is 0.124 e. The van der Waals surface area contributed by atoms with E-state index in [-0.39, 0.29) is 0 Å². The fourth-order valence-electron chi connectivity index (χ4n) is 2.35. The summed E-state index contributed by atoms with van der Waals surface area (Å²) in [4.78, 5) is 0. The fraction of sp³-hybridized carbons (Fsp3) is 0.571. The topological polar surface area (TPSA) is 44.5 Å². The Labute approximate surface area is 103 Å². The Kier molecular flexibility index (Phi) is 4.26.